The summed E-state index contributed by atoms with van der Waals surface area (Å²) in [5.74, 6) is -0.157. The molecule has 0 saturated heterocycles. The summed E-state index contributed by atoms with van der Waals surface area (Å²) in [6, 6.07) is 12.9. The highest BCUT2D eigenvalue weighted by molar-refractivity contribution is 14.1. The highest BCUT2D eigenvalue weighted by Gasteiger charge is 2.10. The molecule has 4 nitrogen and oxygen atoms in total. The number of nitrogens with zero attached hydrogens (tertiary/aromatic N) is 1. The molecule has 0 atom stereocenters. The third kappa shape index (κ3) is 2.75. The Morgan fingerprint density at radius 3 is 2.90 bits per heavy atom. The summed E-state index contributed by atoms with van der Waals surface area (Å²) >= 11 is 3.59. The van der Waals surface area contributed by atoms with Crippen molar-refractivity contribution in [2.24, 2.45) is 0 Å². The molecule has 100 valence electrons. The molecule has 0 spiro atoms. The lowest BCUT2D eigenvalue weighted by Crippen LogP contribution is -2.11. The molecule has 0 unspecified atom stereocenters. The Morgan fingerprint density at radius 1 is 1.25 bits per heavy atom. The molecule has 0 fully saturated rings. The summed E-state index contributed by atoms with van der Waals surface area (Å²) in [5.41, 5.74) is 7.88. The summed E-state index contributed by atoms with van der Waals surface area (Å²) in [6.45, 7) is 0. The van der Waals surface area contributed by atoms with Crippen LogP contribution in [0, 0.1) is 3.57 Å². The molecular formula is C14H10IN3OS. The van der Waals surface area contributed by atoms with Crippen LogP contribution in [0.5, 0.6) is 0 Å². The minimum Gasteiger partial charge on any atom is -0.399 e. The first-order valence-corrected chi connectivity index (χ1v) is 7.74. The number of hydrogen-bond donors (Lipinski definition) is 2. The van der Waals surface area contributed by atoms with Gasteiger partial charge in [-0.15, -0.1) is 0 Å². The van der Waals surface area contributed by atoms with E-state index in [2.05, 4.69) is 32.9 Å². The molecule has 0 saturated carbocycles. The molecule has 3 N–H and O–H groups in total. The topological polar surface area (TPSA) is 68.0 Å². The third-order valence-electron chi connectivity index (χ3n) is 2.72. The van der Waals surface area contributed by atoms with E-state index in [1.54, 1.807) is 12.1 Å². The van der Waals surface area contributed by atoms with Gasteiger partial charge in [-0.1, -0.05) is 17.4 Å². The average molecular weight is 395 g/mol. The summed E-state index contributed by atoms with van der Waals surface area (Å²) in [5, 5.41) is 3.40. The predicted octanol–water partition coefficient (Wildman–Crippen LogP) is 3.74. The Bertz CT molecular complexity index is 800. The monoisotopic (exact) mass is 395 g/mol. The summed E-state index contributed by atoms with van der Waals surface area (Å²) in [7, 11) is 0. The number of nitrogen functional groups attached to an aromatic ring is 1. The van der Waals surface area contributed by atoms with Crippen molar-refractivity contribution in [1.29, 1.82) is 0 Å². The van der Waals surface area contributed by atoms with Crippen LogP contribution in [0.1, 0.15) is 10.4 Å². The van der Waals surface area contributed by atoms with Gasteiger partial charge in [0.25, 0.3) is 5.91 Å². The van der Waals surface area contributed by atoms with Gasteiger partial charge in [-0.05, 0) is 59.0 Å². The highest BCUT2D eigenvalue weighted by Crippen LogP contribution is 2.27. The largest absolute Gasteiger partial charge is 0.399 e. The van der Waals surface area contributed by atoms with Crippen LogP contribution in [0.3, 0.4) is 0 Å². The number of aromatic nitrogens is 1. The van der Waals surface area contributed by atoms with Crippen LogP contribution in [0.4, 0.5) is 10.8 Å². The van der Waals surface area contributed by atoms with E-state index in [0.29, 0.717) is 16.4 Å². The summed E-state index contributed by atoms with van der Waals surface area (Å²) < 4.78 is 1.98. The number of rotatable bonds is 2. The van der Waals surface area contributed by atoms with Gasteiger partial charge < -0.3 is 5.73 Å². The van der Waals surface area contributed by atoms with Crippen LogP contribution in [0.2, 0.25) is 0 Å². The number of nitrogens with two attached hydrogens (primary N) is 1. The van der Waals surface area contributed by atoms with Crippen LogP contribution in [0.25, 0.3) is 10.2 Å². The maximum absolute atomic E-state index is 12.1. The van der Waals surface area contributed by atoms with Crippen molar-refractivity contribution >= 4 is 60.9 Å². The van der Waals surface area contributed by atoms with E-state index in [0.717, 1.165) is 13.8 Å². The first-order valence-electron chi connectivity index (χ1n) is 5.85. The molecule has 3 aromatic rings. The average Bonchev–Trinajstić information content (AvgIpc) is 2.80. The summed E-state index contributed by atoms with van der Waals surface area (Å²) in [4.78, 5) is 16.5. The van der Waals surface area contributed by atoms with Crippen molar-refractivity contribution in [2.45, 2.75) is 0 Å². The molecule has 0 radical (unpaired) electrons. The van der Waals surface area contributed by atoms with Gasteiger partial charge in [-0.3, -0.25) is 10.1 Å². The minimum atomic E-state index is -0.157. The second-order valence-electron chi connectivity index (χ2n) is 4.21. The second-order valence-corrected chi connectivity index (χ2v) is 6.49. The first-order chi connectivity index (χ1) is 9.61. The fourth-order valence-electron chi connectivity index (χ4n) is 1.79. The van der Waals surface area contributed by atoms with Crippen molar-refractivity contribution in [2.75, 3.05) is 11.1 Å². The van der Waals surface area contributed by atoms with Crippen molar-refractivity contribution < 1.29 is 4.79 Å². The second kappa shape index (κ2) is 5.37. The Balaban J connectivity index is 1.87. The van der Waals surface area contributed by atoms with Crippen molar-refractivity contribution in [3.8, 4) is 0 Å². The molecule has 1 heterocycles. The first kappa shape index (κ1) is 13.3. The number of thiazole rings is 1. The minimum absolute atomic E-state index is 0.157. The molecule has 20 heavy (non-hydrogen) atoms. The van der Waals surface area contributed by atoms with Crippen molar-refractivity contribution in [3.63, 3.8) is 0 Å². The number of fused-ring (bicyclic) bond motifs is 1. The van der Waals surface area contributed by atoms with E-state index in [1.165, 1.54) is 11.3 Å². The number of benzene rings is 2. The standard InChI is InChI=1S/C14H10IN3OS/c15-9-3-1-2-8(6-9)13(19)18-14-17-11-5-4-10(16)7-12(11)20-14/h1-7H,16H2,(H,17,18,19). The van der Waals surface area contributed by atoms with Crippen LogP contribution in [0.15, 0.2) is 42.5 Å². The number of amides is 1. The zero-order valence-electron chi connectivity index (χ0n) is 10.3. The van der Waals surface area contributed by atoms with Gasteiger partial charge in [0, 0.05) is 14.8 Å². The molecule has 0 bridgehead atoms. The Hall–Kier alpha value is -1.67. The molecule has 0 aliphatic carbocycles. The number of carbonyl (C=O) groups excluding carboxylic acids is 1. The predicted molar refractivity (Wildman–Crippen MR) is 91.1 cm³/mol. The van der Waals surface area contributed by atoms with Gasteiger partial charge in [0.2, 0.25) is 0 Å². The lowest BCUT2D eigenvalue weighted by Gasteiger charge is -2.01. The molecule has 0 aliphatic heterocycles. The van der Waals surface area contributed by atoms with Crippen LogP contribution in [-0.4, -0.2) is 10.9 Å². The molecule has 6 heteroatoms. The highest BCUT2D eigenvalue weighted by atomic mass is 127. The van der Waals surface area contributed by atoms with E-state index in [9.17, 15) is 4.79 Å². The van der Waals surface area contributed by atoms with Crippen LogP contribution < -0.4 is 11.1 Å². The number of anilines is 2. The fraction of sp³-hybridized carbons (Fsp3) is 0. The number of halogens is 1. The Morgan fingerprint density at radius 2 is 2.10 bits per heavy atom. The van der Waals surface area contributed by atoms with Gasteiger partial charge in [0.15, 0.2) is 5.13 Å². The van der Waals surface area contributed by atoms with Crippen LogP contribution >= 0.6 is 33.9 Å². The Kier molecular flexibility index (Phi) is 3.58. The van der Waals surface area contributed by atoms with E-state index in [1.807, 2.05) is 30.3 Å². The maximum atomic E-state index is 12.1. The van der Waals surface area contributed by atoms with E-state index in [-0.39, 0.29) is 5.91 Å². The van der Waals surface area contributed by atoms with Gasteiger partial charge in [0.1, 0.15) is 0 Å². The molecule has 1 aromatic heterocycles. The molecule has 0 aliphatic rings. The van der Waals surface area contributed by atoms with Gasteiger partial charge in [-0.25, -0.2) is 4.98 Å². The Labute approximate surface area is 133 Å². The lowest BCUT2D eigenvalue weighted by molar-refractivity contribution is 0.102. The zero-order chi connectivity index (χ0) is 14.1. The summed E-state index contributed by atoms with van der Waals surface area (Å²) in [6.07, 6.45) is 0. The number of hydrogen-bond acceptors (Lipinski definition) is 4. The molecule has 2 aromatic carbocycles. The van der Waals surface area contributed by atoms with Crippen LogP contribution in [-0.2, 0) is 0 Å². The normalized spacial score (nSPS) is 10.7. The van der Waals surface area contributed by atoms with Crippen molar-refractivity contribution in [1.82, 2.24) is 4.98 Å². The number of carbonyl (C=O) groups is 1. The van der Waals surface area contributed by atoms with Gasteiger partial charge in [-0.2, -0.15) is 0 Å². The molecule has 3 rings (SSSR count). The van der Waals surface area contributed by atoms with E-state index >= 15 is 0 Å². The van der Waals surface area contributed by atoms with E-state index in [4.69, 9.17) is 5.73 Å². The lowest BCUT2D eigenvalue weighted by atomic mass is 10.2. The quantitative estimate of drug-likeness (QED) is 0.513. The number of nitrogens with one attached hydrogen (secondary N) is 1. The zero-order valence-corrected chi connectivity index (χ0v) is 13.2. The smallest absolute Gasteiger partial charge is 0.257 e. The fourth-order valence-corrected chi connectivity index (χ4v) is 3.25. The molecule has 1 amide bonds. The maximum Gasteiger partial charge on any atom is 0.257 e. The van der Waals surface area contributed by atoms with Gasteiger partial charge in [0.05, 0.1) is 10.2 Å². The molecular weight excluding hydrogens is 385 g/mol. The SMILES string of the molecule is Nc1ccc2nc(NC(=O)c3cccc(I)c3)sc2c1. The van der Waals surface area contributed by atoms with Crippen molar-refractivity contribution in [3.05, 3.63) is 51.6 Å². The third-order valence-corrected chi connectivity index (χ3v) is 4.32. The van der Waals surface area contributed by atoms with E-state index < -0.39 is 0 Å². The van der Waals surface area contributed by atoms with Gasteiger partial charge >= 0.3 is 0 Å².